The SMILES string of the molecule is CN(C)C([NH-])=O.[CH3-].[U].[V]. The molecule has 0 aromatic rings. The number of nitrogens with zero attached hydrogens (tertiary/aromatic N) is 1. The zero-order chi connectivity index (χ0) is 5.15. The van der Waals surface area contributed by atoms with Gasteiger partial charge in [0.05, 0.1) is 0 Å². The fourth-order valence-electron chi connectivity index (χ4n) is 0. The van der Waals surface area contributed by atoms with Crippen LogP contribution in [0.5, 0.6) is 0 Å². The Hall–Kier alpha value is 0.906. The van der Waals surface area contributed by atoms with Gasteiger partial charge in [0.1, 0.15) is 0 Å². The van der Waals surface area contributed by atoms with Crippen LogP contribution in [-0.2, 0) is 18.6 Å². The largest absolute Gasteiger partial charge is 0.447 e. The minimum atomic E-state index is -0.657. The maximum atomic E-state index is 9.74. The maximum absolute atomic E-state index is 9.74. The van der Waals surface area contributed by atoms with Crippen molar-refractivity contribution in [2.45, 2.75) is 0 Å². The first-order chi connectivity index (χ1) is 2.64. The van der Waals surface area contributed by atoms with Crippen LogP contribution in [-0.4, -0.2) is 25.0 Å². The molecule has 0 rings (SSSR count). The van der Waals surface area contributed by atoms with Gasteiger partial charge in [0.25, 0.3) is 0 Å². The van der Waals surface area contributed by atoms with Crippen molar-refractivity contribution in [2.75, 3.05) is 14.1 Å². The third-order valence-electron chi connectivity index (χ3n) is 0.406. The Bertz CT molecular complexity index is 69.6. The molecule has 5 heteroatoms. The molecule has 0 heterocycles. The first-order valence-corrected chi connectivity index (χ1v) is 1.57. The predicted molar refractivity (Wildman–Crippen MR) is 29.8 cm³/mol. The van der Waals surface area contributed by atoms with E-state index < -0.39 is 6.03 Å². The summed E-state index contributed by atoms with van der Waals surface area (Å²) in [7, 11) is 3.07. The Morgan fingerprint density at radius 1 is 1.44 bits per heavy atom. The number of nitrogens with one attached hydrogen (secondary N) is 1. The third kappa shape index (κ3) is 17.6. The van der Waals surface area contributed by atoms with E-state index in [-0.39, 0.29) is 57.1 Å². The van der Waals surface area contributed by atoms with Crippen molar-refractivity contribution in [3.63, 3.8) is 0 Å². The molecule has 1 N–H and O–H groups in total. The van der Waals surface area contributed by atoms with Gasteiger partial charge in [-0.05, 0) is 0 Å². The Labute approximate surface area is 92.0 Å². The molecule has 0 spiro atoms. The summed E-state index contributed by atoms with van der Waals surface area (Å²) in [4.78, 5) is 10.9. The number of urea groups is 1. The van der Waals surface area contributed by atoms with Crippen molar-refractivity contribution >= 4 is 6.03 Å². The van der Waals surface area contributed by atoms with Crippen molar-refractivity contribution in [1.29, 1.82) is 0 Å². The molecule has 0 atom stereocenters. The summed E-state index contributed by atoms with van der Waals surface area (Å²) >= 11 is 0. The van der Waals surface area contributed by atoms with Crippen LogP contribution in [0.25, 0.3) is 5.73 Å². The minimum absolute atomic E-state index is 0. The van der Waals surface area contributed by atoms with Crippen molar-refractivity contribution < 1.29 is 54.5 Å². The van der Waals surface area contributed by atoms with Crippen LogP contribution in [0.4, 0.5) is 4.79 Å². The first kappa shape index (κ1) is 22.5. The van der Waals surface area contributed by atoms with E-state index in [4.69, 9.17) is 5.73 Å². The molecule has 0 aromatic carbocycles. The average Bonchev–Trinajstić information content (AvgIpc) is 1.36. The van der Waals surface area contributed by atoms with E-state index >= 15 is 0 Å². The summed E-state index contributed by atoms with van der Waals surface area (Å²) in [5.74, 6) is 0. The smallest absolute Gasteiger partial charge is 0.152 e. The zero-order valence-corrected chi connectivity index (χ0v) is 11.4. The number of carbonyl (C=O) groups is 1. The molecule has 0 aliphatic rings. The molecule has 0 aliphatic heterocycles. The van der Waals surface area contributed by atoms with E-state index in [1.807, 2.05) is 0 Å². The third-order valence-corrected chi connectivity index (χ3v) is 0.406. The summed E-state index contributed by atoms with van der Waals surface area (Å²) < 4.78 is 0. The molecule has 0 saturated heterocycles. The number of amides is 2. The van der Waals surface area contributed by atoms with Gasteiger partial charge in [-0.3, -0.25) is 4.79 Å². The monoisotopic (exact) mass is 391 g/mol. The Balaban J connectivity index is -0.0000000417. The summed E-state index contributed by atoms with van der Waals surface area (Å²) in [6.07, 6.45) is 0. The molecular formula is C4H10N2OUV-2. The van der Waals surface area contributed by atoms with Crippen molar-refractivity contribution in [3.05, 3.63) is 13.2 Å². The normalized spacial score (nSPS) is 5.11. The molecular weight excluding hydrogens is 381 g/mol. The summed E-state index contributed by atoms with van der Waals surface area (Å²) in [6.45, 7) is 0. The van der Waals surface area contributed by atoms with Crippen LogP contribution in [0.15, 0.2) is 0 Å². The number of carbonyl (C=O) groups excluding carboxylic acids is 1. The predicted octanol–water partition coefficient (Wildman–Crippen LogP) is 1.17. The van der Waals surface area contributed by atoms with E-state index in [0.717, 1.165) is 0 Å². The van der Waals surface area contributed by atoms with Crippen LogP contribution in [0.3, 0.4) is 0 Å². The van der Waals surface area contributed by atoms with Crippen molar-refractivity contribution in [2.24, 2.45) is 0 Å². The molecule has 1 radical (unpaired) electrons. The zero-order valence-electron chi connectivity index (χ0n) is 5.80. The molecule has 9 heavy (non-hydrogen) atoms. The summed E-state index contributed by atoms with van der Waals surface area (Å²) in [5.41, 5.74) is 6.32. The van der Waals surface area contributed by atoms with E-state index in [2.05, 4.69) is 0 Å². The van der Waals surface area contributed by atoms with Crippen molar-refractivity contribution in [3.8, 4) is 0 Å². The van der Waals surface area contributed by atoms with E-state index in [1.54, 1.807) is 0 Å². The summed E-state index contributed by atoms with van der Waals surface area (Å²) in [5, 5.41) is 0. The van der Waals surface area contributed by atoms with Gasteiger partial charge in [-0.2, -0.15) is 0 Å². The molecule has 3 nitrogen and oxygen atoms in total. The number of hydrogen-bond acceptors (Lipinski definition) is 1. The molecule has 0 fully saturated rings. The van der Waals surface area contributed by atoms with Gasteiger partial charge in [-0.25, -0.2) is 0 Å². The summed E-state index contributed by atoms with van der Waals surface area (Å²) in [6, 6.07) is -0.657. The van der Waals surface area contributed by atoms with Gasteiger partial charge in [0.15, 0.2) is 6.03 Å². The van der Waals surface area contributed by atoms with Gasteiger partial charge in [0.2, 0.25) is 0 Å². The van der Waals surface area contributed by atoms with Gasteiger partial charge < -0.3 is 18.1 Å². The van der Waals surface area contributed by atoms with Crippen LogP contribution in [0.2, 0.25) is 0 Å². The van der Waals surface area contributed by atoms with Crippen LogP contribution >= 0.6 is 0 Å². The Morgan fingerprint density at radius 2 is 1.56 bits per heavy atom. The molecule has 0 unspecified atom stereocenters. The minimum Gasteiger partial charge on any atom is -0.447 e. The van der Waals surface area contributed by atoms with Gasteiger partial charge in [-0.15, -0.1) is 0 Å². The van der Waals surface area contributed by atoms with Crippen LogP contribution in [0.1, 0.15) is 0 Å². The molecule has 2 amide bonds. The second-order valence-electron chi connectivity index (χ2n) is 1.20. The fourth-order valence-corrected chi connectivity index (χ4v) is 0. The molecule has 0 aromatic heterocycles. The van der Waals surface area contributed by atoms with Crippen LogP contribution < -0.4 is 0 Å². The second-order valence-corrected chi connectivity index (χ2v) is 1.20. The Kier molecular flexibility index (Phi) is 29.2. The van der Waals surface area contributed by atoms with Crippen LogP contribution in [0, 0.1) is 38.5 Å². The van der Waals surface area contributed by atoms with Gasteiger partial charge >= 0.3 is 0 Å². The van der Waals surface area contributed by atoms with E-state index in [0.29, 0.717) is 0 Å². The number of rotatable bonds is 0. The number of hydrogen-bond donors (Lipinski definition) is 0. The van der Waals surface area contributed by atoms with Gasteiger partial charge in [0, 0.05) is 49.7 Å². The average molecular weight is 391 g/mol. The first-order valence-electron chi connectivity index (χ1n) is 1.57. The fraction of sp³-hybridized carbons (Fsp3) is 0.500. The quantitative estimate of drug-likeness (QED) is 0.572. The standard InChI is InChI=1S/C3H8N2O.CH3.U.V/c1-5(2)3(4)6;;;/h1-2H3,(H2,4,6);1H3;;/q;-1;;/p-1. The molecule has 0 saturated carbocycles. The van der Waals surface area contributed by atoms with Crippen molar-refractivity contribution in [1.82, 2.24) is 4.90 Å². The van der Waals surface area contributed by atoms with Gasteiger partial charge in [-0.1, -0.05) is 14.1 Å². The molecule has 53 valence electrons. The molecule has 0 aliphatic carbocycles. The molecule has 0 bridgehead atoms. The second kappa shape index (κ2) is 11.7. The van der Waals surface area contributed by atoms with E-state index in [9.17, 15) is 4.79 Å². The maximum Gasteiger partial charge on any atom is 0.152 e. The van der Waals surface area contributed by atoms with E-state index in [1.165, 1.54) is 19.0 Å². The topological polar surface area (TPSA) is 44.1 Å². The Morgan fingerprint density at radius 3 is 1.56 bits per heavy atom.